The van der Waals surface area contributed by atoms with Gasteiger partial charge in [0.15, 0.2) is 5.13 Å². The Morgan fingerprint density at radius 2 is 2.18 bits per heavy atom. The lowest BCUT2D eigenvalue weighted by atomic mass is 9.93. The van der Waals surface area contributed by atoms with Crippen LogP contribution in [0.2, 0.25) is 0 Å². The van der Waals surface area contributed by atoms with Gasteiger partial charge in [-0.3, -0.25) is 14.9 Å². The highest BCUT2D eigenvalue weighted by Gasteiger charge is 2.22. The van der Waals surface area contributed by atoms with Gasteiger partial charge in [0.25, 0.3) is 11.5 Å². The number of aromatic amines is 1. The van der Waals surface area contributed by atoms with E-state index in [0.29, 0.717) is 22.3 Å². The van der Waals surface area contributed by atoms with Crippen molar-refractivity contribution in [2.45, 2.75) is 40.0 Å². The molecule has 0 aliphatic heterocycles. The number of thiazole rings is 1. The third kappa shape index (κ3) is 2.68. The zero-order valence-electron chi connectivity index (χ0n) is 12.8. The minimum Gasteiger partial charge on any atom is -0.298 e. The van der Waals surface area contributed by atoms with Gasteiger partial charge in [0.2, 0.25) is 0 Å². The predicted octanol–water partition coefficient (Wildman–Crippen LogP) is 2.22. The number of aryl methyl sites for hydroxylation is 2. The number of carbonyl (C=O) groups is 1. The summed E-state index contributed by atoms with van der Waals surface area (Å²) in [5, 5.41) is 9.53. The van der Waals surface area contributed by atoms with Crippen molar-refractivity contribution in [2.75, 3.05) is 5.32 Å². The monoisotopic (exact) mass is 318 g/mol. The van der Waals surface area contributed by atoms with E-state index < -0.39 is 11.5 Å². The summed E-state index contributed by atoms with van der Waals surface area (Å²) < 4.78 is 0. The van der Waals surface area contributed by atoms with Crippen LogP contribution < -0.4 is 10.9 Å². The van der Waals surface area contributed by atoms with Crippen LogP contribution in [0.4, 0.5) is 5.13 Å². The fourth-order valence-electron chi connectivity index (χ4n) is 2.65. The summed E-state index contributed by atoms with van der Waals surface area (Å²) in [6.07, 6.45) is 3.10. The smallest absolute Gasteiger partial charge is 0.277 e. The molecule has 0 saturated heterocycles. The molecule has 1 unspecified atom stereocenters. The van der Waals surface area contributed by atoms with E-state index in [2.05, 4.69) is 27.4 Å². The number of carbonyl (C=O) groups excluding carboxylic acids is 1. The number of rotatable bonds is 2. The predicted molar refractivity (Wildman–Crippen MR) is 85.6 cm³/mol. The summed E-state index contributed by atoms with van der Waals surface area (Å²) >= 11 is 1.51. The molecule has 0 aromatic carbocycles. The third-order valence-electron chi connectivity index (χ3n) is 4.10. The van der Waals surface area contributed by atoms with Gasteiger partial charge in [0.1, 0.15) is 5.56 Å². The molecule has 2 N–H and O–H groups in total. The lowest BCUT2D eigenvalue weighted by molar-refractivity contribution is 0.102. The number of hydrogen-bond acceptors (Lipinski definition) is 5. The van der Waals surface area contributed by atoms with Crippen molar-refractivity contribution < 1.29 is 4.79 Å². The molecule has 0 saturated carbocycles. The standard InChI is InChI=1S/C15H18N4O2S/c1-7-4-5-10-11(6-7)22-15(16-10)17-13(20)12-8(2)9(3)18-19-14(12)21/h7H,4-6H2,1-3H3,(H,19,21)(H,16,17,20). The van der Waals surface area contributed by atoms with Crippen LogP contribution in [0.1, 0.15) is 45.5 Å². The van der Waals surface area contributed by atoms with Crippen molar-refractivity contribution in [1.29, 1.82) is 0 Å². The SMILES string of the molecule is Cc1n[nH]c(=O)c(C(=O)Nc2nc3c(s2)CC(C)CC3)c1C. The van der Waals surface area contributed by atoms with Crippen LogP contribution in [0.3, 0.4) is 0 Å². The number of amides is 1. The van der Waals surface area contributed by atoms with Crippen molar-refractivity contribution in [1.82, 2.24) is 15.2 Å². The quantitative estimate of drug-likeness (QED) is 0.888. The van der Waals surface area contributed by atoms with Crippen molar-refractivity contribution in [3.05, 3.63) is 37.7 Å². The van der Waals surface area contributed by atoms with Crippen LogP contribution in [0.5, 0.6) is 0 Å². The number of aromatic nitrogens is 3. The second kappa shape index (κ2) is 5.64. The van der Waals surface area contributed by atoms with E-state index in [-0.39, 0.29) is 5.56 Å². The molecule has 1 atom stereocenters. The fourth-order valence-corrected chi connectivity index (χ4v) is 3.82. The first-order valence-electron chi connectivity index (χ1n) is 7.31. The average molecular weight is 318 g/mol. The van der Waals surface area contributed by atoms with E-state index in [0.717, 1.165) is 25.0 Å². The van der Waals surface area contributed by atoms with Crippen LogP contribution in [-0.2, 0) is 12.8 Å². The molecule has 0 spiro atoms. The molecule has 2 aromatic rings. The first-order valence-corrected chi connectivity index (χ1v) is 8.13. The summed E-state index contributed by atoms with van der Waals surface area (Å²) in [5.74, 6) is 0.229. The Hall–Kier alpha value is -2.02. The molecule has 0 fully saturated rings. The molecule has 1 amide bonds. The molecule has 2 aromatic heterocycles. The Labute approximate surface area is 132 Å². The van der Waals surface area contributed by atoms with Gasteiger partial charge >= 0.3 is 0 Å². The van der Waals surface area contributed by atoms with Crippen LogP contribution in [-0.4, -0.2) is 21.1 Å². The molecule has 2 heterocycles. The highest BCUT2D eigenvalue weighted by Crippen LogP contribution is 2.32. The van der Waals surface area contributed by atoms with Crippen LogP contribution >= 0.6 is 11.3 Å². The van der Waals surface area contributed by atoms with Gasteiger partial charge in [-0.05, 0) is 44.6 Å². The van der Waals surface area contributed by atoms with Crippen LogP contribution in [0.15, 0.2) is 4.79 Å². The van der Waals surface area contributed by atoms with Crippen molar-refractivity contribution >= 4 is 22.4 Å². The van der Waals surface area contributed by atoms with Gasteiger partial charge in [-0.15, -0.1) is 11.3 Å². The van der Waals surface area contributed by atoms with Crippen molar-refractivity contribution in [3.8, 4) is 0 Å². The third-order valence-corrected chi connectivity index (χ3v) is 5.14. The Morgan fingerprint density at radius 1 is 1.41 bits per heavy atom. The molecule has 3 rings (SSSR count). The molecule has 1 aliphatic carbocycles. The largest absolute Gasteiger partial charge is 0.298 e. The van der Waals surface area contributed by atoms with E-state index in [1.807, 2.05) is 0 Å². The summed E-state index contributed by atoms with van der Waals surface area (Å²) in [4.78, 5) is 30.0. The van der Waals surface area contributed by atoms with Crippen LogP contribution in [0, 0.1) is 19.8 Å². The Balaban J connectivity index is 1.87. The lowest BCUT2D eigenvalue weighted by Gasteiger charge is -2.15. The highest BCUT2D eigenvalue weighted by atomic mass is 32.1. The van der Waals surface area contributed by atoms with Gasteiger partial charge in [-0.2, -0.15) is 5.10 Å². The molecule has 7 heteroatoms. The molecular formula is C15H18N4O2S. The van der Waals surface area contributed by atoms with E-state index in [1.165, 1.54) is 16.2 Å². The summed E-state index contributed by atoms with van der Waals surface area (Å²) in [6, 6.07) is 0. The van der Waals surface area contributed by atoms with Crippen molar-refractivity contribution in [3.63, 3.8) is 0 Å². The zero-order chi connectivity index (χ0) is 15.9. The number of fused-ring (bicyclic) bond motifs is 1. The number of nitrogens with one attached hydrogen (secondary N) is 2. The molecule has 0 bridgehead atoms. The normalized spacial score (nSPS) is 17.1. The van der Waals surface area contributed by atoms with Crippen molar-refractivity contribution in [2.24, 2.45) is 5.92 Å². The van der Waals surface area contributed by atoms with E-state index in [4.69, 9.17) is 0 Å². The Morgan fingerprint density at radius 3 is 2.95 bits per heavy atom. The average Bonchev–Trinajstić information content (AvgIpc) is 2.84. The van der Waals surface area contributed by atoms with E-state index >= 15 is 0 Å². The van der Waals surface area contributed by atoms with Gasteiger partial charge in [0, 0.05) is 4.88 Å². The molecular weight excluding hydrogens is 300 g/mol. The molecule has 0 radical (unpaired) electrons. The van der Waals surface area contributed by atoms with E-state index in [1.54, 1.807) is 13.8 Å². The second-order valence-corrected chi connectivity index (χ2v) is 6.91. The summed E-state index contributed by atoms with van der Waals surface area (Å²) in [7, 11) is 0. The summed E-state index contributed by atoms with van der Waals surface area (Å²) in [5.41, 5.74) is 1.94. The minimum absolute atomic E-state index is 0.106. The number of H-pyrrole nitrogens is 1. The van der Waals surface area contributed by atoms with Gasteiger partial charge < -0.3 is 0 Å². The minimum atomic E-state index is -0.476. The molecule has 6 nitrogen and oxygen atoms in total. The number of anilines is 1. The summed E-state index contributed by atoms with van der Waals surface area (Å²) in [6.45, 7) is 5.70. The first kappa shape index (κ1) is 14.9. The first-order chi connectivity index (χ1) is 10.5. The van der Waals surface area contributed by atoms with E-state index in [9.17, 15) is 9.59 Å². The molecule has 116 valence electrons. The number of hydrogen-bond donors (Lipinski definition) is 2. The number of nitrogens with zero attached hydrogens (tertiary/aromatic N) is 2. The van der Waals surface area contributed by atoms with Gasteiger partial charge in [-0.1, -0.05) is 6.92 Å². The maximum Gasteiger partial charge on any atom is 0.277 e. The van der Waals surface area contributed by atoms with Gasteiger partial charge in [-0.25, -0.2) is 10.1 Å². The highest BCUT2D eigenvalue weighted by molar-refractivity contribution is 7.15. The maximum absolute atomic E-state index is 12.4. The molecule has 1 aliphatic rings. The lowest BCUT2D eigenvalue weighted by Crippen LogP contribution is -2.26. The fraction of sp³-hybridized carbons (Fsp3) is 0.467. The van der Waals surface area contributed by atoms with Crippen LogP contribution in [0.25, 0.3) is 0 Å². The molecule has 22 heavy (non-hydrogen) atoms. The zero-order valence-corrected chi connectivity index (χ0v) is 13.6. The Kier molecular flexibility index (Phi) is 3.82. The Bertz CT molecular complexity index is 793. The topological polar surface area (TPSA) is 87.7 Å². The maximum atomic E-state index is 12.4. The second-order valence-electron chi connectivity index (χ2n) is 5.83. The van der Waals surface area contributed by atoms with Gasteiger partial charge in [0.05, 0.1) is 11.4 Å².